The van der Waals surface area contributed by atoms with E-state index >= 15 is 0 Å². The van der Waals surface area contributed by atoms with Crippen molar-refractivity contribution in [3.63, 3.8) is 0 Å². The number of halogens is 1. The van der Waals surface area contributed by atoms with Gasteiger partial charge in [0.1, 0.15) is 16.6 Å². The smallest absolute Gasteiger partial charge is 0.153 e. The van der Waals surface area contributed by atoms with Gasteiger partial charge in [-0.2, -0.15) is 0 Å². The minimum Gasteiger partial charge on any atom is -0.330 e. The summed E-state index contributed by atoms with van der Waals surface area (Å²) in [7, 11) is 0. The van der Waals surface area contributed by atoms with Crippen LogP contribution in [0.5, 0.6) is 0 Å². The van der Waals surface area contributed by atoms with Crippen LogP contribution in [-0.2, 0) is 12.8 Å². The van der Waals surface area contributed by atoms with Gasteiger partial charge in [0.05, 0.1) is 16.6 Å². The van der Waals surface area contributed by atoms with Crippen LogP contribution in [0.25, 0.3) is 11.0 Å². The monoisotopic (exact) mass is 265 g/mol. The van der Waals surface area contributed by atoms with Crippen LogP contribution in [0.4, 0.5) is 0 Å². The highest BCUT2D eigenvalue weighted by molar-refractivity contribution is 6.33. The maximum absolute atomic E-state index is 11.1. The van der Waals surface area contributed by atoms with E-state index in [1.165, 1.54) is 0 Å². The lowest BCUT2D eigenvalue weighted by Crippen LogP contribution is -2.04. The first-order valence-corrected chi connectivity index (χ1v) is 6.46. The van der Waals surface area contributed by atoms with Crippen molar-refractivity contribution >= 4 is 28.9 Å². The SMILES string of the molecule is CCc1nc(CC(C)C)nc2[nH]c(Cl)c(C=O)c12. The molecule has 0 aliphatic heterocycles. The summed E-state index contributed by atoms with van der Waals surface area (Å²) < 4.78 is 0. The number of nitrogens with zero attached hydrogens (tertiary/aromatic N) is 2. The molecule has 0 atom stereocenters. The van der Waals surface area contributed by atoms with Crippen LogP contribution in [-0.4, -0.2) is 21.2 Å². The Kier molecular flexibility index (Phi) is 3.66. The topological polar surface area (TPSA) is 58.6 Å². The highest BCUT2D eigenvalue weighted by Gasteiger charge is 2.16. The van der Waals surface area contributed by atoms with E-state index in [2.05, 4.69) is 28.8 Å². The third-order valence-electron chi connectivity index (χ3n) is 2.81. The van der Waals surface area contributed by atoms with Gasteiger partial charge in [-0.25, -0.2) is 9.97 Å². The molecule has 2 rings (SSSR count). The van der Waals surface area contributed by atoms with Crippen molar-refractivity contribution in [3.05, 3.63) is 22.2 Å². The third kappa shape index (κ3) is 2.25. The van der Waals surface area contributed by atoms with E-state index in [0.29, 0.717) is 22.3 Å². The quantitative estimate of drug-likeness (QED) is 0.864. The normalized spacial score (nSPS) is 11.4. The molecule has 2 aromatic rings. The van der Waals surface area contributed by atoms with E-state index in [1.54, 1.807) is 0 Å². The summed E-state index contributed by atoms with van der Waals surface area (Å²) in [5, 5.41) is 1.09. The van der Waals surface area contributed by atoms with Gasteiger partial charge in [0.25, 0.3) is 0 Å². The van der Waals surface area contributed by atoms with Gasteiger partial charge in [-0.1, -0.05) is 32.4 Å². The largest absolute Gasteiger partial charge is 0.330 e. The summed E-state index contributed by atoms with van der Waals surface area (Å²) in [4.78, 5) is 23.0. The Balaban J connectivity index is 2.67. The molecule has 5 heteroatoms. The number of aryl methyl sites for hydroxylation is 1. The average molecular weight is 266 g/mol. The second-order valence-electron chi connectivity index (χ2n) is 4.73. The van der Waals surface area contributed by atoms with Gasteiger partial charge in [-0.05, 0) is 12.3 Å². The molecule has 4 nitrogen and oxygen atoms in total. The number of hydrogen-bond acceptors (Lipinski definition) is 3. The molecule has 0 fully saturated rings. The molecule has 0 aliphatic carbocycles. The van der Waals surface area contributed by atoms with Gasteiger partial charge in [-0.15, -0.1) is 0 Å². The number of H-pyrrole nitrogens is 1. The molecule has 18 heavy (non-hydrogen) atoms. The highest BCUT2D eigenvalue weighted by Crippen LogP contribution is 2.26. The zero-order valence-electron chi connectivity index (χ0n) is 10.7. The van der Waals surface area contributed by atoms with E-state index < -0.39 is 0 Å². The van der Waals surface area contributed by atoms with Gasteiger partial charge >= 0.3 is 0 Å². The van der Waals surface area contributed by atoms with Crippen LogP contribution in [0.1, 0.15) is 42.6 Å². The number of carbonyl (C=O) groups excluding carboxylic acids is 1. The van der Waals surface area contributed by atoms with Crippen LogP contribution in [0.2, 0.25) is 5.15 Å². The zero-order valence-corrected chi connectivity index (χ0v) is 11.5. The minimum absolute atomic E-state index is 0.339. The standard InChI is InChI=1S/C13H16ClN3O/c1-4-9-11-8(6-18)12(14)17-13(11)16-10(15-9)5-7(2)3/h6-7H,4-5H2,1-3H3,(H,15,16,17). The molecule has 0 unspecified atom stereocenters. The number of aromatic nitrogens is 3. The van der Waals surface area contributed by atoms with Crippen LogP contribution < -0.4 is 0 Å². The first-order chi connectivity index (χ1) is 8.56. The number of carbonyl (C=O) groups is 1. The number of fused-ring (bicyclic) bond motifs is 1. The van der Waals surface area contributed by atoms with E-state index in [1.807, 2.05) is 6.92 Å². The Hall–Kier alpha value is -1.42. The molecule has 96 valence electrons. The summed E-state index contributed by atoms with van der Waals surface area (Å²) in [5.41, 5.74) is 1.99. The van der Waals surface area contributed by atoms with Crippen molar-refractivity contribution in [2.24, 2.45) is 5.92 Å². The molecule has 0 saturated heterocycles. The molecule has 2 heterocycles. The Morgan fingerprint density at radius 2 is 2.11 bits per heavy atom. The van der Waals surface area contributed by atoms with Crippen molar-refractivity contribution in [2.45, 2.75) is 33.6 Å². The highest BCUT2D eigenvalue weighted by atomic mass is 35.5. The zero-order chi connectivity index (χ0) is 13.3. The van der Waals surface area contributed by atoms with Gasteiger partial charge in [0.15, 0.2) is 6.29 Å². The van der Waals surface area contributed by atoms with Crippen molar-refractivity contribution in [1.29, 1.82) is 0 Å². The first kappa shape index (κ1) is 13.0. The molecule has 0 spiro atoms. The van der Waals surface area contributed by atoms with E-state index in [0.717, 1.165) is 36.0 Å². The van der Waals surface area contributed by atoms with E-state index in [-0.39, 0.29) is 0 Å². The Bertz CT molecular complexity index is 589. The number of rotatable bonds is 4. The predicted octanol–water partition coefficient (Wildman–Crippen LogP) is 3.18. The lowest BCUT2D eigenvalue weighted by molar-refractivity contribution is 0.112. The first-order valence-electron chi connectivity index (χ1n) is 6.08. The maximum Gasteiger partial charge on any atom is 0.153 e. The molecule has 0 amide bonds. The summed E-state index contributed by atoms with van der Waals surface area (Å²) in [6, 6.07) is 0. The van der Waals surface area contributed by atoms with Crippen molar-refractivity contribution in [3.8, 4) is 0 Å². The molecular weight excluding hydrogens is 250 g/mol. The average Bonchev–Trinajstić information content (AvgIpc) is 2.62. The molecule has 0 aromatic carbocycles. The predicted molar refractivity (Wildman–Crippen MR) is 72.2 cm³/mol. The van der Waals surface area contributed by atoms with Gasteiger partial charge in [0.2, 0.25) is 0 Å². The number of hydrogen-bond donors (Lipinski definition) is 1. The lowest BCUT2D eigenvalue weighted by Gasteiger charge is -2.06. The third-order valence-corrected chi connectivity index (χ3v) is 3.11. The summed E-state index contributed by atoms with van der Waals surface area (Å²) in [6.45, 7) is 6.26. The van der Waals surface area contributed by atoms with Crippen LogP contribution in [0, 0.1) is 5.92 Å². The second kappa shape index (κ2) is 5.06. The van der Waals surface area contributed by atoms with Crippen LogP contribution in [0.15, 0.2) is 0 Å². The molecule has 1 N–H and O–H groups in total. The molecule has 0 radical (unpaired) electrons. The summed E-state index contributed by atoms with van der Waals surface area (Å²) >= 11 is 6.00. The minimum atomic E-state index is 0.339. The Morgan fingerprint density at radius 1 is 1.39 bits per heavy atom. The van der Waals surface area contributed by atoms with Crippen molar-refractivity contribution in [2.75, 3.05) is 0 Å². The lowest BCUT2D eigenvalue weighted by atomic mass is 10.1. The fraction of sp³-hybridized carbons (Fsp3) is 0.462. The van der Waals surface area contributed by atoms with Gasteiger partial charge in [0, 0.05) is 6.42 Å². The molecule has 2 aromatic heterocycles. The number of aromatic amines is 1. The van der Waals surface area contributed by atoms with Gasteiger partial charge in [-0.3, -0.25) is 4.79 Å². The van der Waals surface area contributed by atoms with Crippen molar-refractivity contribution < 1.29 is 4.79 Å². The van der Waals surface area contributed by atoms with Gasteiger partial charge < -0.3 is 4.98 Å². The summed E-state index contributed by atoms with van der Waals surface area (Å²) in [6.07, 6.45) is 2.32. The Morgan fingerprint density at radius 3 is 2.67 bits per heavy atom. The van der Waals surface area contributed by atoms with E-state index in [4.69, 9.17) is 11.6 Å². The molecular formula is C13H16ClN3O. The number of nitrogens with one attached hydrogen (secondary N) is 1. The molecule has 0 aliphatic rings. The van der Waals surface area contributed by atoms with Crippen molar-refractivity contribution in [1.82, 2.24) is 15.0 Å². The fourth-order valence-corrected chi connectivity index (χ4v) is 2.26. The summed E-state index contributed by atoms with van der Waals surface area (Å²) in [5.74, 6) is 1.29. The van der Waals surface area contributed by atoms with Crippen LogP contribution in [0.3, 0.4) is 0 Å². The maximum atomic E-state index is 11.1. The van der Waals surface area contributed by atoms with Crippen LogP contribution >= 0.6 is 11.6 Å². The second-order valence-corrected chi connectivity index (χ2v) is 5.11. The fourth-order valence-electron chi connectivity index (χ4n) is 2.04. The number of aldehydes is 1. The molecule has 0 bridgehead atoms. The Labute approximate surface area is 111 Å². The van der Waals surface area contributed by atoms with E-state index in [9.17, 15) is 4.79 Å². The molecule has 0 saturated carbocycles.